The van der Waals surface area contributed by atoms with Crippen molar-refractivity contribution in [2.24, 2.45) is 0 Å². The number of aromatic nitrogens is 2. The predicted molar refractivity (Wildman–Crippen MR) is 80.1 cm³/mol. The highest BCUT2D eigenvalue weighted by Crippen LogP contribution is 2.22. The largest absolute Gasteiger partial charge is 0.353 e. The quantitative estimate of drug-likeness (QED) is 0.862. The van der Waals surface area contributed by atoms with E-state index in [2.05, 4.69) is 10.3 Å². The van der Waals surface area contributed by atoms with E-state index < -0.39 is 0 Å². The van der Waals surface area contributed by atoms with Gasteiger partial charge in [-0.2, -0.15) is 0 Å². The lowest BCUT2D eigenvalue weighted by Crippen LogP contribution is -2.26. The molecule has 1 aliphatic rings. The summed E-state index contributed by atoms with van der Waals surface area (Å²) in [6.07, 6.45) is 2.63. The number of aryl methyl sites for hydroxylation is 1. The molecular formula is C14H15Cl2N3O. The number of amides is 1. The number of carbonyl (C=O) groups excluding carboxylic acids is 1. The number of hydrogen-bond donors (Lipinski definition) is 1. The molecule has 1 N–H and O–H groups in total. The van der Waals surface area contributed by atoms with Crippen molar-refractivity contribution < 1.29 is 4.79 Å². The SMILES string of the molecule is O=C(CCn1c(CCl)nc2ccc(Cl)cc21)NC1CC1. The molecule has 0 bridgehead atoms. The first-order valence-electron chi connectivity index (χ1n) is 6.67. The van der Waals surface area contributed by atoms with Crippen LogP contribution in [0.25, 0.3) is 11.0 Å². The third-order valence-corrected chi connectivity index (χ3v) is 3.89. The minimum atomic E-state index is 0.0805. The smallest absolute Gasteiger partial charge is 0.222 e. The molecule has 106 valence electrons. The molecule has 20 heavy (non-hydrogen) atoms. The number of imidazole rings is 1. The van der Waals surface area contributed by atoms with Gasteiger partial charge in [-0.1, -0.05) is 11.6 Å². The number of alkyl halides is 1. The maximum Gasteiger partial charge on any atom is 0.222 e. The minimum Gasteiger partial charge on any atom is -0.353 e. The van der Waals surface area contributed by atoms with Crippen LogP contribution in [-0.2, 0) is 17.2 Å². The molecule has 2 aromatic rings. The maximum atomic E-state index is 11.8. The van der Waals surface area contributed by atoms with Crippen molar-refractivity contribution in [2.75, 3.05) is 0 Å². The van der Waals surface area contributed by atoms with Gasteiger partial charge in [0.1, 0.15) is 5.82 Å². The lowest BCUT2D eigenvalue weighted by Gasteiger charge is -2.08. The fourth-order valence-electron chi connectivity index (χ4n) is 2.24. The highest BCUT2D eigenvalue weighted by atomic mass is 35.5. The second-order valence-corrected chi connectivity index (χ2v) is 5.74. The molecular weight excluding hydrogens is 297 g/mol. The number of carbonyl (C=O) groups is 1. The number of nitrogens with one attached hydrogen (secondary N) is 1. The van der Waals surface area contributed by atoms with Crippen LogP contribution >= 0.6 is 23.2 Å². The van der Waals surface area contributed by atoms with Gasteiger partial charge in [-0.05, 0) is 31.0 Å². The zero-order valence-corrected chi connectivity index (χ0v) is 12.4. The van der Waals surface area contributed by atoms with Crippen molar-refractivity contribution in [3.63, 3.8) is 0 Å². The van der Waals surface area contributed by atoms with Crippen LogP contribution in [0.5, 0.6) is 0 Å². The van der Waals surface area contributed by atoms with Gasteiger partial charge in [-0.3, -0.25) is 4.79 Å². The van der Waals surface area contributed by atoms with Crippen LogP contribution in [0.2, 0.25) is 5.02 Å². The molecule has 1 aromatic heterocycles. The number of nitrogens with zero attached hydrogens (tertiary/aromatic N) is 2. The van der Waals surface area contributed by atoms with Crippen LogP contribution in [0.3, 0.4) is 0 Å². The average molecular weight is 312 g/mol. The zero-order valence-electron chi connectivity index (χ0n) is 10.9. The molecule has 0 unspecified atom stereocenters. The Morgan fingerprint density at radius 1 is 1.45 bits per heavy atom. The van der Waals surface area contributed by atoms with Crippen molar-refractivity contribution in [1.82, 2.24) is 14.9 Å². The van der Waals surface area contributed by atoms with Crippen molar-refractivity contribution >= 4 is 40.1 Å². The van der Waals surface area contributed by atoms with Gasteiger partial charge in [0.05, 0.1) is 16.9 Å². The summed E-state index contributed by atoms with van der Waals surface area (Å²) in [7, 11) is 0. The lowest BCUT2D eigenvalue weighted by molar-refractivity contribution is -0.121. The van der Waals surface area contributed by atoms with E-state index in [1.54, 1.807) is 6.07 Å². The molecule has 0 saturated heterocycles. The molecule has 1 heterocycles. The number of fused-ring (bicyclic) bond motifs is 1. The number of rotatable bonds is 5. The lowest BCUT2D eigenvalue weighted by atomic mass is 10.3. The van der Waals surface area contributed by atoms with Gasteiger partial charge < -0.3 is 9.88 Å². The molecule has 0 spiro atoms. The monoisotopic (exact) mass is 311 g/mol. The summed E-state index contributed by atoms with van der Waals surface area (Å²) in [6, 6.07) is 5.93. The van der Waals surface area contributed by atoms with Gasteiger partial charge in [0.15, 0.2) is 0 Å². The first-order valence-corrected chi connectivity index (χ1v) is 7.58. The third kappa shape index (κ3) is 2.91. The first kappa shape index (κ1) is 13.7. The van der Waals surface area contributed by atoms with E-state index in [-0.39, 0.29) is 5.91 Å². The fraction of sp³-hybridized carbons (Fsp3) is 0.429. The summed E-state index contributed by atoms with van der Waals surface area (Å²) in [6.45, 7) is 0.567. The predicted octanol–water partition coefficient (Wildman–Crippen LogP) is 3.10. The molecule has 0 aliphatic heterocycles. The van der Waals surface area contributed by atoms with Gasteiger partial charge in [0.25, 0.3) is 0 Å². The van der Waals surface area contributed by atoms with Gasteiger partial charge >= 0.3 is 0 Å². The van der Waals surface area contributed by atoms with Crippen LogP contribution in [0.1, 0.15) is 25.1 Å². The van der Waals surface area contributed by atoms with Crippen molar-refractivity contribution in [3.8, 4) is 0 Å². The van der Waals surface area contributed by atoms with E-state index in [1.807, 2.05) is 16.7 Å². The summed E-state index contributed by atoms with van der Waals surface area (Å²) < 4.78 is 1.97. The summed E-state index contributed by atoms with van der Waals surface area (Å²) in [4.78, 5) is 16.3. The van der Waals surface area contributed by atoms with E-state index in [1.165, 1.54) is 0 Å². The number of benzene rings is 1. The molecule has 1 amide bonds. The Hall–Kier alpha value is -1.26. The Balaban J connectivity index is 1.80. The van der Waals surface area contributed by atoms with Crippen molar-refractivity contribution in [2.45, 2.75) is 37.7 Å². The van der Waals surface area contributed by atoms with Gasteiger partial charge in [-0.25, -0.2) is 4.98 Å². The molecule has 0 atom stereocenters. The second kappa shape index (κ2) is 5.62. The van der Waals surface area contributed by atoms with Gasteiger partial charge in [-0.15, -0.1) is 11.6 Å². The van der Waals surface area contributed by atoms with Crippen LogP contribution in [-0.4, -0.2) is 21.5 Å². The Labute approximate surface area is 127 Å². The van der Waals surface area contributed by atoms with Crippen LogP contribution in [0.4, 0.5) is 0 Å². The molecule has 3 rings (SSSR count). The Bertz CT molecular complexity index is 649. The third-order valence-electron chi connectivity index (χ3n) is 3.41. The number of halogens is 2. The highest BCUT2D eigenvalue weighted by molar-refractivity contribution is 6.31. The molecule has 1 aliphatic carbocycles. The normalized spacial score (nSPS) is 14.7. The standard InChI is InChI=1S/C14H15Cl2N3O/c15-8-13-18-11-4-1-9(16)7-12(11)19(13)6-5-14(20)17-10-2-3-10/h1,4,7,10H,2-3,5-6,8H2,(H,17,20). The zero-order chi connectivity index (χ0) is 14.1. The number of hydrogen-bond acceptors (Lipinski definition) is 2. The molecule has 0 radical (unpaired) electrons. The second-order valence-electron chi connectivity index (χ2n) is 5.04. The van der Waals surface area contributed by atoms with Crippen LogP contribution < -0.4 is 5.32 Å². The summed E-state index contributed by atoms with van der Waals surface area (Å²) >= 11 is 12.0. The summed E-state index contributed by atoms with van der Waals surface area (Å²) in [5.74, 6) is 1.16. The minimum absolute atomic E-state index is 0.0805. The molecule has 1 fully saturated rings. The summed E-state index contributed by atoms with van der Waals surface area (Å²) in [5.41, 5.74) is 1.78. The Kier molecular flexibility index (Phi) is 3.85. The van der Waals surface area contributed by atoms with E-state index in [4.69, 9.17) is 23.2 Å². The average Bonchev–Trinajstić information content (AvgIpc) is 3.16. The van der Waals surface area contributed by atoms with Crippen molar-refractivity contribution in [3.05, 3.63) is 29.0 Å². The van der Waals surface area contributed by atoms with Crippen LogP contribution in [0.15, 0.2) is 18.2 Å². The van der Waals surface area contributed by atoms with Gasteiger partial charge in [0, 0.05) is 24.0 Å². The Morgan fingerprint density at radius 3 is 2.95 bits per heavy atom. The van der Waals surface area contributed by atoms with Crippen molar-refractivity contribution in [1.29, 1.82) is 0 Å². The van der Waals surface area contributed by atoms with E-state index in [9.17, 15) is 4.79 Å². The first-order chi connectivity index (χ1) is 9.67. The van der Waals surface area contributed by atoms with E-state index in [0.29, 0.717) is 29.9 Å². The topological polar surface area (TPSA) is 46.9 Å². The molecule has 4 nitrogen and oxygen atoms in total. The Morgan fingerprint density at radius 2 is 2.25 bits per heavy atom. The fourth-order valence-corrected chi connectivity index (χ4v) is 2.61. The van der Waals surface area contributed by atoms with Gasteiger partial charge in [0.2, 0.25) is 5.91 Å². The van der Waals surface area contributed by atoms with Crippen LogP contribution in [0, 0.1) is 0 Å². The molecule has 1 aromatic carbocycles. The van der Waals surface area contributed by atoms with E-state index in [0.717, 1.165) is 29.7 Å². The maximum absolute atomic E-state index is 11.8. The molecule has 6 heteroatoms. The highest BCUT2D eigenvalue weighted by Gasteiger charge is 2.23. The molecule has 1 saturated carbocycles. The van der Waals surface area contributed by atoms with E-state index >= 15 is 0 Å². The summed E-state index contributed by atoms with van der Waals surface area (Å²) in [5, 5.41) is 3.64.